The second-order valence-electron chi connectivity index (χ2n) is 6.16. The summed E-state index contributed by atoms with van der Waals surface area (Å²) in [6, 6.07) is 8.88. The summed E-state index contributed by atoms with van der Waals surface area (Å²) in [5, 5.41) is 6.81. The number of benzene rings is 1. The quantitative estimate of drug-likeness (QED) is 0.649. The van der Waals surface area contributed by atoms with Crippen LogP contribution in [0.2, 0.25) is 0 Å². The van der Waals surface area contributed by atoms with Gasteiger partial charge in [0.25, 0.3) is 0 Å². The van der Waals surface area contributed by atoms with Crippen molar-refractivity contribution in [1.82, 2.24) is 15.5 Å². The van der Waals surface area contributed by atoms with E-state index in [0.717, 1.165) is 31.2 Å². The summed E-state index contributed by atoms with van der Waals surface area (Å²) in [4.78, 5) is 6.72. The zero-order valence-electron chi connectivity index (χ0n) is 13.5. The lowest BCUT2D eigenvalue weighted by Gasteiger charge is -2.22. The molecule has 0 spiro atoms. The van der Waals surface area contributed by atoms with Gasteiger partial charge in [0.2, 0.25) is 0 Å². The Labute approximate surface area is 132 Å². The summed E-state index contributed by atoms with van der Waals surface area (Å²) < 4.78 is 5.94. The number of likely N-dealkylation sites (N-methyl/N-ethyl adjacent to an activating group) is 1. The molecule has 1 aromatic rings. The van der Waals surface area contributed by atoms with Gasteiger partial charge in [-0.2, -0.15) is 0 Å². The summed E-state index contributed by atoms with van der Waals surface area (Å²) in [6.45, 7) is 2.92. The number of likely N-dealkylation sites (tertiary alicyclic amines) is 1. The Balaban J connectivity index is 1.42. The van der Waals surface area contributed by atoms with Gasteiger partial charge in [0.1, 0.15) is 11.9 Å². The van der Waals surface area contributed by atoms with E-state index in [4.69, 9.17) is 4.74 Å². The molecule has 120 valence electrons. The van der Waals surface area contributed by atoms with Gasteiger partial charge < -0.3 is 20.3 Å². The van der Waals surface area contributed by atoms with Crippen LogP contribution >= 0.6 is 0 Å². The zero-order valence-corrected chi connectivity index (χ0v) is 13.5. The fourth-order valence-corrected chi connectivity index (χ4v) is 3.25. The molecular weight excluding hydrogens is 276 g/mol. The molecule has 2 aliphatic rings. The van der Waals surface area contributed by atoms with Crippen molar-refractivity contribution >= 4 is 5.96 Å². The summed E-state index contributed by atoms with van der Waals surface area (Å²) in [5.74, 6) is 1.88. The van der Waals surface area contributed by atoms with Gasteiger partial charge >= 0.3 is 0 Å². The Kier molecular flexibility index (Phi) is 4.83. The third-order valence-corrected chi connectivity index (χ3v) is 4.61. The first-order valence-electron chi connectivity index (χ1n) is 8.15. The molecule has 1 aromatic carbocycles. The Morgan fingerprint density at radius 3 is 2.86 bits per heavy atom. The lowest BCUT2D eigenvalue weighted by atomic mass is 10.1. The van der Waals surface area contributed by atoms with Gasteiger partial charge in [-0.15, -0.1) is 0 Å². The largest absolute Gasteiger partial charge is 0.488 e. The second kappa shape index (κ2) is 7.01. The molecule has 1 fully saturated rings. The van der Waals surface area contributed by atoms with Gasteiger partial charge in [0, 0.05) is 26.1 Å². The van der Waals surface area contributed by atoms with E-state index in [1.807, 2.05) is 19.2 Å². The van der Waals surface area contributed by atoms with Crippen molar-refractivity contribution in [3.8, 4) is 5.75 Å². The number of para-hydroxylation sites is 1. The van der Waals surface area contributed by atoms with Crippen molar-refractivity contribution in [3.63, 3.8) is 0 Å². The van der Waals surface area contributed by atoms with Crippen LogP contribution < -0.4 is 15.4 Å². The lowest BCUT2D eigenvalue weighted by molar-refractivity contribution is 0.234. The van der Waals surface area contributed by atoms with E-state index in [9.17, 15) is 0 Å². The Morgan fingerprint density at radius 2 is 2.14 bits per heavy atom. The lowest BCUT2D eigenvalue weighted by Crippen LogP contribution is -2.46. The van der Waals surface area contributed by atoms with Crippen LogP contribution in [0.25, 0.3) is 0 Å². The normalized spacial score (nSPS) is 24.9. The molecule has 0 aromatic heterocycles. The molecule has 2 N–H and O–H groups in total. The van der Waals surface area contributed by atoms with E-state index < -0.39 is 0 Å². The van der Waals surface area contributed by atoms with Crippen LogP contribution in [0.5, 0.6) is 5.75 Å². The van der Waals surface area contributed by atoms with E-state index in [2.05, 4.69) is 39.7 Å². The van der Waals surface area contributed by atoms with Gasteiger partial charge in [-0.3, -0.25) is 4.99 Å². The zero-order chi connectivity index (χ0) is 15.4. The maximum Gasteiger partial charge on any atom is 0.191 e. The Hall–Kier alpha value is -1.75. The SMILES string of the molecule is CN=C(NCC1Cc2ccccc2O1)NCC1CCCN1C. The van der Waals surface area contributed by atoms with Crippen molar-refractivity contribution < 1.29 is 4.74 Å². The number of nitrogens with zero attached hydrogens (tertiary/aromatic N) is 2. The van der Waals surface area contributed by atoms with E-state index >= 15 is 0 Å². The van der Waals surface area contributed by atoms with E-state index in [1.54, 1.807) is 0 Å². The molecule has 5 nitrogen and oxygen atoms in total. The topological polar surface area (TPSA) is 48.9 Å². The van der Waals surface area contributed by atoms with E-state index in [-0.39, 0.29) is 6.10 Å². The number of aliphatic imine (C=N–C) groups is 1. The summed E-state index contributed by atoms with van der Waals surface area (Å²) in [5.41, 5.74) is 1.30. The number of nitrogens with one attached hydrogen (secondary N) is 2. The fraction of sp³-hybridized carbons (Fsp3) is 0.588. The van der Waals surface area contributed by atoms with Gasteiger partial charge in [0.05, 0.1) is 6.54 Å². The highest BCUT2D eigenvalue weighted by Crippen LogP contribution is 2.27. The van der Waals surface area contributed by atoms with Crippen molar-refractivity contribution in [2.75, 3.05) is 33.7 Å². The first-order chi connectivity index (χ1) is 10.8. The monoisotopic (exact) mass is 302 g/mol. The Bertz CT molecular complexity index is 506. The van der Waals surface area contributed by atoms with Crippen LogP contribution in [0.15, 0.2) is 29.3 Å². The van der Waals surface area contributed by atoms with Crippen LogP contribution in [-0.2, 0) is 6.42 Å². The highest BCUT2D eigenvalue weighted by molar-refractivity contribution is 5.79. The molecule has 0 aliphatic carbocycles. The summed E-state index contributed by atoms with van der Waals surface area (Å²) in [6.07, 6.45) is 3.71. The molecular formula is C17H26N4O. The minimum Gasteiger partial charge on any atom is -0.488 e. The third-order valence-electron chi connectivity index (χ3n) is 4.61. The number of rotatable bonds is 4. The predicted octanol–water partition coefficient (Wildman–Crippen LogP) is 1.25. The van der Waals surface area contributed by atoms with E-state index in [1.165, 1.54) is 24.9 Å². The maximum atomic E-state index is 5.94. The van der Waals surface area contributed by atoms with Gasteiger partial charge in [-0.25, -0.2) is 0 Å². The molecule has 3 rings (SSSR count). The molecule has 0 bridgehead atoms. The van der Waals surface area contributed by atoms with Crippen LogP contribution in [0.3, 0.4) is 0 Å². The molecule has 0 radical (unpaired) electrons. The molecule has 2 aliphatic heterocycles. The Morgan fingerprint density at radius 1 is 1.32 bits per heavy atom. The minimum absolute atomic E-state index is 0.185. The predicted molar refractivity (Wildman–Crippen MR) is 89.6 cm³/mol. The van der Waals surface area contributed by atoms with Gasteiger partial charge in [-0.1, -0.05) is 18.2 Å². The van der Waals surface area contributed by atoms with Gasteiger partial charge in [-0.05, 0) is 38.1 Å². The van der Waals surface area contributed by atoms with Crippen LogP contribution in [0.4, 0.5) is 0 Å². The summed E-state index contributed by atoms with van der Waals surface area (Å²) in [7, 11) is 4.01. The maximum absolute atomic E-state index is 5.94. The number of guanidine groups is 1. The molecule has 2 atom stereocenters. The average Bonchev–Trinajstić information content (AvgIpc) is 3.13. The number of ether oxygens (including phenoxy) is 1. The standard InChI is InChI=1S/C17H26N4O/c1-18-17(19-11-14-7-5-9-21(14)2)20-12-15-10-13-6-3-4-8-16(13)22-15/h3-4,6,8,14-15H,5,7,9-12H2,1-2H3,(H2,18,19,20). The highest BCUT2D eigenvalue weighted by Gasteiger charge is 2.23. The van der Waals surface area contributed by atoms with Gasteiger partial charge in [0.15, 0.2) is 5.96 Å². The molecule has 1 saturated heterocycles. The number of hydrogen-bond donors (Lipinski definition) is 2. The average molecular weight is 302 g/mol. The van der Waals surface area contributed by atoms with Crippen molar-refractivity contribution in [3.05, 3.63) is 29.8 Å². The first kappa shape index (κ1) is 15.2. The second-order valence-corrected chi connectivity index (χ2v) is 6.16. The summed E-state index contributed by atoms with van der Waals surface area (Å²) >= 11 is 0. The minimum atomic E-state index is 0.185. The number of fused-ring (bicyclic) bond motifs is 1. The van der Waals surface area contributed by atoms with Crippen LogP contribution in [0, 0.1) is 0 Å². The van der Waals surface area contributed by atoms with E-state index in [0.29, 0.717) is 6.04 Å². The molecule has 22 heavy (non-hydrogen) atoms. The van der Waals surface area contributed by atoms with Crippen LogP contribution in [-0.4, -0.2) is 56.7 Å². The first-order valence-corrected chi connectivity index (χ1v) is 8.15. The molecule has 2 unspecified atom stereocenters. The molecule has 0 saturated carbocycles. The van der Waals surface area contributed by atoms with Crippen molar-refractivity contribution in [2.45, 2.75) is 31.4 Å². The third kappa shape index (κ3) is 3.53. The fourth-order valence-electron chi connectivity index (χ4n) is 3.25. The molecule has 5 heteroatoms. The van der Waals surface area contributed by atoms with Crippen molar-refractivity contribution in [2.24, 2.45) is 4.99 Å². The molecule has 0 amide bonds. The van der Waals surface area contributed by atoms with Crippen molar-refractivity contribution in [1.29, 1.82) is 0 Å². The van der Waals surface area contributed by atoms with Crippen LogP contribution in [0.1, 0.15) is 18.4 Å². The highest BCUT2D eigenvalue weighted by atomic mass is 16.5. The number of hydrogen-bond acceptors (Lipinski definition) is 3. The smallest absolute Gasteiger partial charge is 0.191 e. The molecule has 2 heterocycles.